The lowest BCUT2D eigenvalue weighted by molar-refractivity contribution is -0.116. The minimum absolute atomic E-state index is 0.00198. The van der Waals surface area contributed by atoms with Crippen molar-refractivity contribution in [2.45, 2.75) is 38.3 Å². The van der Waals surface area contributed by atoms with Gasteiger partial charge in [-0.25, -0.2) is 0 Å². The van der Waals surface area contributed by atoms with Crippen LogP contribution in [-0.2, 0) is 11.3 Å². The van der Waals surface area contributed by atoms with Crippen LogP contribution in [-0.4, -0.2) is 49.5 Å². The van der Waals surface area contributed by atoms with Gasteiger partial charge in [0.15, 0.2) is 5.96 Å². The quantitative estimate of drug-likeness (QED) is 0.330. The van der Waals surface area contributed by atoms with Crippen molar-refractivity contribution in [3.63, 3.8) is 0 Å². The Balaban J connectivity index is 1.30. The van der Waals surface area contributed by atoms with Gasteiger partial charge in [-0.1, -0.05) is 41.9 Å². The number of carbonyl (C=O) groups excluding carboxylic acids is 1. The summed E-state index contributed by atoms with van der Waals surface area (Å²) in [5.41, 5.74) is 2.13. The van der Waals surface area contributed by atoms with Gasteiger partial charge in [-0.2, -0.15) is 0 Å². The van der Waals surface area contributed by atoms with Crippen LogP contribution < -0.4 is 16.0 Å². The number of benzene rings is 2. The summed E-state index contributed by atoms with van der Waals surface area (Å²) in [5, 5.41) is 10.4. The first-order valence-corrected chi connectivity index (χ1v) is 11.3. The zero-order valence-electron chi connectivity index (χ0n) is 18.1. The fourth-order valence-electron chi connectivity index (χ4n) is 3.68. The number of piperidine rings is 1. The average molecular weight is 442 g/mol. The highest BCUT2D eigenvalue weighted by molar-refractivity contribution is 6.30. The molecule has 0 bridgehead atoms. The number of aliphatic imine (C=N–C) groups is 1. The van der Waals surface area contributed by atoms with Gasteiger partial charge in [-0.3, -0.25) is 14.7 Å². The average Bonchev–Trinajstić information content (AvgIpc) is 2.79. The summed E-state index contributed by atoms with van der Waals surface area (Å²) in [6, 6.07) is 18.2. The molecule has 0 saturated carbocycles. The molecule has 3 N–H and O–H groups in total. The van der Waals surface area contributed by atoms with Crippen molar-refractivity contribution in [3.8, 4) is 0 Å². The summed E-state index contributed by atoms with van der Waals surface area (Å²) >= 11 is 5.86. The Morgan fingerprint density at radius 1 is 1.10 bits per heavy atom. The van der Waals surface area contributed by atoms with Crippen LogP contribution in [0.5, 0.6) is 0 Å². The predicted octanol–water partition coefficient (Wildman–Crippen LogP) is 3.89. The zero-order chi connectivity index (χ0) is 21.9. The second-order valence-corrected chi connectivity index (χ2v) is 8.27. The summed E-state index contributed by atoms with van der Waals surface area (Å²) in [7, 11) is 1.78. The molecule has 3 rings (SSSR count). The lowest BCUT2D eigenvalue weighted by Crippen LogP contribution is -2.48. The van der Waals surface area contributed by atoms with Crippen LogP contribution in [0.3, 0.4) is 0 Å². The normalized spacial score (nSPS) is 15.5. The predicted molar refractivity (Wildman–Crippen MR) is 129 cm³/mol. The number of hydrogen-bond acceptors (Lipinski definition) is 3. The third-order valence-corrected chi connectivity index (χ3v) is 5.65. The summed E-state index contributed by atoms with van der Waals surface area (Å²) < 4.78 is 0. The molecule has 7 heteroatoms. The number of carbonyl (C=O) groups is 1. The number of anilines is 1. The maximum absolute atomic E-state index is 12.1. The number of rotatable bonds is 8. The molecule has 6 nitrogen and oxygen atoms in total. The number of halogens is 1. The van der Waals surface area contributed by atoms with E-state index in [1.54, 1.807) is 31.3 Å². The molecule has 0 spiro atoms. The Hall–Kier alpha value is -2.57. The summed E-state index contributed by atoms with van der Waals surface area (Å²) in [5.74, 6) is 0.803. The van der Waals surface area contributed by atoms with E-state index < -0.39 is 0 Å². The zero-order valence-corrected chi connectivity index (χ0v) is 18.9. The number of hydrogen-bond donors (Lipinski definition) is 3. The number of likely N-dealkylation sites (tertiary alicyclic amines) is 1. The first-order chi connectivity index (χ1) is 15.1. The van der Waals surface area contributed by atoms with E-state index in [9.17, 15) is 4.79 Å². The lowest BCUT2D eigenvalue weighted by atomic mass is 10.0. The highest BCUT2D eigenvalue weighted by Gasteiger charge is 2.20. The van der Waals surface area contributed by atoms with E-state index in [1.807, 2.05) is 0 Å². The van der Waals surface area contributed by atoms with Crippen LogP contribution in [0.25, 0.3) is 0 Å². The molecule has 0 unspecified atom stereocenters. The lowest BCUT2D eigenvalue weighted by Gasteiger charge is -2.33. The van der Waals surface area contributed by atoms with Gasteiger partial charge in [0.25, 0.3) is 0 Å². The molecule has 1 aliphatic rings. The summed E-state index contributed by atoms with van der Waals surface area (Å²) in [4.78, 5) is 18.9. The molecule has 2 aromatic rings. The van der Waals surface area contributed by atoms with E-state index in [1.165, 1.54) is 5.56 Å². The molecule has 0 aromatic heterocycles. The topological polar surface area (TPSA) is 68.8 Å². The minimum Gasteiger partial charge on any atom is -0.356 e. The smallest absolute Gasteiger partial charge is 0.224 e. The molecule has 0 atom stereocenters. The molecule has 1 aliphatic heterocycles. The van der Waals surface area contributed by atoms with E-state index in [2.05, 4.69) is 56.2 Å². The molecule has 1 saturated heterocycles. The molecular formula is C24H32ClN5O. The van der Waals surface area contributed by atoms with Gasteiger partial charge in [-0.05, 0) is 49.1 Å². The van der Waals surface area contributed by atoms with Crippen molar-refractivity contribution in [1.29, 1.82) is 0 Å². The maximum atomic E-state index is 12.1. The molecular weight excluding hydrogens is 410 g/mol. The maximum Gasteiger partial charge on any atom is 0.224 e. The molecule has 1 amide bonds. The van der Waals surface area contributed by atoms with Crippen molar-refractivity contribution in [2.75, 3.05) is 32.0 Å². The third kappa shape index (κ3) is 8.23. The minimum atomic E-state index is -0.00198. The Bertz CT molecular complexity index is 833. The van der Waals surface area contributed by atoms with Crippen molar-refractivity contribution in [2.24, 2.45) is 4.99 Å². The number of guanidine groups is 1. The fourth-order valence-corrected chi connectivity index (χ4v) is 3.80. The third-order valence-electron chi connectivity index (χ3n) is 5.40. The second-order valence-electron chi connectivity index (χ2n) is 7.84. The Morgan fingerprint density at radius 3 is 2.48 bits per heavy atom. The highest BCUT2D eigenvalue weighted by atomic mass is 35.5. The molecule has 2 aromatic carbocycles. The van der Waals surface area contributed by atoms with Gasteiger partial charge in [-0.15, -0.1) is 0 Å². The number of nitrogens with one attached hydrogen (secondary N) is 3. The van der Waals surface area contributed by atoms with Crippen LogP contribution in [0.4, 0.5) is 5.69 Å². The van der Waals surface area contributed by atoms with Gasteiger partial charge in [0.05, 0.1) is 0 Å². The van der Waals surface area contributed by atoms with Crippen molar-refractivity contribution < 1.29 is 4.79 Å². The van der Waals surface area contributed by atoms with Gasteiger partial charge >= 0.3 is 0 Å². The molecule has 166 valence electrons. The number of nitrogens with zero attached hydrogens (tertiary/aromatic N) is 2. The van der Waals surface area contributed by atoms with Crippen LogP contribution in [0.15, 0.2) is 59.6 Å². The van der Waals surface area contributed by atoms with Crippen molar-refractivity contribution in [3.05, 3.63) is 65.2 Å². The van der Waals surface area contributed by atoms with E-state index in [0.717, 1.165) is 50.5 Å². The van der Waals surface area contributed by atoms with Crippen molar-refractivity contribution in [1.82, 2.24) is 15.5 Å². The van der Waals surface area contributed by atoms with Gasteiger partial charge < -0.3 is 16.0 Å². The monoisotopic (exact) mass is 441 g/mol. The summed E-state index contributed by atoms with van der Waals surface area (Å²) in [6.45, 7) is 3.86. The molecule has 0 radical (unpaired) electrons. The molecule has 1 heterocycles. The second kappa shape index (κ2) is 12.3. The molecule has 0 aliphatic carbocycles. The SMILES string of the molecule is CN=C(NCCCC(=O)Nc1ccc(Cl)cc1)NC1CCN(Cc2ccccc2)CC1. The Labute approximate surface area is 190 Å². The van der Waals surface area contributed by atoms with Gasteiger partial charge in [0.2, 0.25) is 5.91 Å². The first-order valence-electron chi connectivity index (χ1n) is 10.9. The largest absolute Gasteiger partial charge is 0.356 e. The van der Waals surface area contributed by atoms with Crippen LogP contribution >= 0.6 is 11.6 Å². The van der Waals surface area contributed by atoms with E-state index in [4.69, 9.17) is 11.6 Å². The van der Waals surface area contributed by atoms with Gasteiger partial charge in [0.1, 0.15) is 0 Å². The van der Waals surface area contributed by atoms with Crippen molar-refractivity contribution >= 4 is 29.2 Å². The Kier molecular flexibility index (Phi) is 9.18. The molecule has 31 heavy (non-hydrogen) atoms. The molecule has 1 fully saturated rings. The van der Waals surface area contributed by atoms with Gasteiger partial charge in [0, 0.05) is 56.4 Å². The first kappa shape index (κ1) is 23.1. The highest BCUT2D eigenvalue weighted by Crippen LogP contribution is 2.14. The van der Waals surface area contributed by atoms with Crippen LogP contribution in [0.1, 0.15) is 31.2 Å². The Morgan fingerprint density at radius 2 is 1.81 bits per heavy atom. The van der Waals surface area contributed by atoms with E-state index in [-0.39, 0.29) is 5.91 Å². The van der Waals surface area contributed by atoms with E-state index in [0.29, 0.717) is 24.0 Å². The van der Waals surface area contributed by atoms with Crippen LogP contribution in [0.2, 0.25) is 5.02 Å². The fraction of sp³-hybridized carbons (Fsp3) is 0.417. The summed E-state index contributed by atoms with van der Waals surface area (Å²) in [6.07, 6.45) is 3.37. The standard InChI is InChI=1S/C24H32ClN5O/c1-26-24(27-15-5-8-23(31)28-21-11-9-20(25)10-12-21)29-22-13-16-30(17-14-22)18-19-6-3-2-4-7-19/h2-4,6-7,9-12,22H,5,8,13-18H2,1H3,(H,28,31)(H2,26,27,29). The van der Waals surface area contributed by atoms with Crippen LogP contribution in [0, 0.1) is 0 Å². The number of amides is 1. The van der Waals surface area contributed by atoms with E-state index >= 15 is 0 Å².